The maximum Gasteiger partial charge on any atom is 0.133 e. The van der Waals surface area contributed by atoms with E-state index in [9.17, 15) is 9.90 Å². The van der Waals surface area contributed by atoms with Gasteiger partial charge in [-0.3, -0.25) is 4.79 Å². The van der Waals surface area contributed by atoms with Crippen molar-refractivity contribution in [3.63, 3.8) is 0 Å². The van der Waals surface area contributed by atoms with Crippen molar-refractivity contribution >= 4 is 5.78 Å². The molecule has 3 atom stereocenters. The highest BCUT2D eigenvalue weighted by Crippen LogP contribution is 2.32. The Bertz CT molecular complexity index is 165. The molecule has 1 unspecified atom stereocenters. The number of carbonyl (C=O) groups is 1. The number of carbonyl (C=O) groups excluding carboxylic acids is 1. The Morgan fingerprint density at radius 1 is 1.50 bits per heavy atom. The molecule has 0 saturated heterocycles. The van der Waals surface area contributed by atoms with Crippen molar-refractivity contribution in [3.8, 4) is 0 Å². The van der Waals surface area contributed by atoms with Crippen LogP contribution in [0.3, 0.4) is 0 Å². The molecule has 1 fully saturated rings. The Morgan fingerprint density at radius 2 is 2.17 bits per heavy atom. The van der Waals surface area contributed by atoms with Gasteiger partial charge in [0.1, 0.15) is 5.78 Å². The summed E-state index contributed by atoms with van der Waals surface area (Å²) in [6, 6.07) is 0. The summed E-state index contributed by atoms with van der Waals surface area (Å²) in [5.41, 5.74) is 0. The second kappa shape index (κ2) is 4.04. The van der Waals surface area contributed by atoms with Gasteiger partial charge in [0.25, 0.3) is 0 Å². The van der Waals surface area contributed by atoms with E-state index in [1.807, 2.05) is 0 Å². The third-order valence-corrected chi connectivity index (χ3v) is 3.01. The summed E-state index contributed by atoms with van der Waals surface area (Å²) in [6.07, 6.45) is 3.41. The van der Waals surface area contributed by atoms with Crippen LogP contribution in [0.4, 0.5) is 0 Å². The summed E-state index contributed by atoms with van der Waals surface area (Å²) in [6.45, 7) is 3.77. The predicted octanol–water partition coefficient (Wildman–Crippen LogP) is 1.76. The molecule has 0 aliphatic heterocycles. The summed E-state index contributed by atoms with van der Waals surface area (Å²) >= 11 is 0. The highest BCUT2D eigenvalue weighted by atomic mass is 16.3. The number of aliphatic hydroxyl groups is 1. The Balaban J connectivity index is 2.58. The van der Waals surface area contributed by atoms with Crippen LogP contribution in [0.1, 0.15) is 39.5 Å². The van der Waals surface area contributed by atoms with E-state index < -0.39 is 0 Å². The zero-order chi connectivity index (χ0) is 9.14. The molecule has 0 radical (unpaired) electrons. The monoisotopic (exact) mass is 170 g/mol. The van der Waals surface area contributed by atoms with Crippen LogP contribution in [0.15, 0.2) is 0 Å². The van der Waals surface area contributed by atoms with Crippen LogP contribution in [0, 0.1) is 11.8 Å². The number of aliphatic hydroxyl groups excluding tert-OH is 1. The van der Waals surface area contributed by atoms with Crippen molar-refractivity contribution in [1.29, 1.82) is 0 Å². The minimum Gasteiger partial charge on any atom is -0.393 e. The van der Waals surface area contributed by atoms with Gasteiger partial charge in [-0.15, -0.1) is 0 Å². The Hall–Kier alpha value is -0.370. The van der Waals surface area contributed by atoms with Gasteiger partial charge in [0.2, 0.25) is 0 Å². The Kier molecular flexibility index (Phi) is 3.27. The lowest BCUT2D eigenvalue weighted by molar-refractivity contribution is -0.125. The van der Waals surface area contributed by atoms with Crippen LogP contribution >= 0.6 is 0 Å². The Morgan fingerprint density at radius 3 is 2.67 bits per heavy atom. The molecule has 1 rings (SSSR count). The van der Waals surface area contributed by atoms with Crippen LogP contribution in [-0.2, 0) is 4.79 Å². The van der Waals surface area contributed by atoms with Crippen molar-refractivity contribution in [2.24, 2.45) is 11.8 Å². The highest BCUT2D eigenvalue weighted by Gasteiger charge is 2.31. The van der Waals surface area contributed by atoms with Crippen molar-refractivity contribution in [1.82, 2.24) is 0 Å². The lowest BCUT2D eigenvalue weighted by atomic mass is 9.75. The molecule has 2 heteroatoms. The number of hydrogen-bond donors (Lipinski definition) is 1. The number of hydrogen-bond acceptors (Lipinski definition) is 2. The number of ketones is 1. The third-order valence-electron chi connectivity index (χ3n) is 3.01. The highest BCUT2D eigenvalue weighted by molar-refractivity contribution is 5.78. The van der Waals surface area contributed by atoms with E-state index in [2.05, 4.69) is 6.92 Å². The van der Waals surface area contributed by atoms with Crippen LogP contribution in [-0.4, -0.2) is 17.0 Å². The van der Waals surface area contributed by atoms with E-state index >= 15 is 0 Å². The van der Waals surface area contributed by atoms with E-state index in [0.717, 1.165) is 19.3 Å². The minimum absolute atomic E-state index is 0.124. The summed E-state index contributed by atoms with van der Waals surface area (Å²) < 4.78 is 0. The molecule has 1 aliphatic rings. The average molecular weight is 170 g/mol. The molecule has 0 aromatic rings. The fourth-order valence-electron chi connectivity index (χ4n) is 2.20. The van der Waals surface area contributed by atoms with Crippen molar-refractivity contribution < 1.29 is 9.90 Å². The van der Waals surface area contributed by atoms with Crippen molar-refractivity contribution in [3.05, 3.63) is 0 Å². The van der Waals surface area contributed by atoms with E-state index in [-0.39, 0.29) is 17.8 Å². The fraction of sp³-hybridized carbons (Fsp3) is 0.900. The molecule has 12 heavy (non-hydrogen) atoms. The topological polar surface area (TPSA) is 37.3 Å². The zero-order valence-electron chi connectivity index (χ0n) is 7.92. The van der Waals surface area contributed by atoms with Gasteiger partial charge in [0.15, 0.2) is 0 Å². The van der Waals surface area contributed by atoms with E-state index in [4.69, 9.17) is 0 Å². The second-order valence-electron chi connectivity index (χ2n) is 3.85. The molecule has 1 N–H and O–H groups in total. The maximum absolute atomic E-state index is 11.2. The van der Waals surface area contributed by atoms with Crippen LogP contribution in [0.5, 0.6) is 0 Å². The smallest absolute Gasteiger partial charge is 0.133 e. The van der Waals surface area contributed by atoms with E-state index in [1.165, 1.54) is 0 Å². The van der Waals surface area contributed by atoms with E-state index in [0.29, 0.717) is 12.3 Å². The molecule has 0 bridgehead atoms. The summed E-state index contributed by atoms with van der Waals surface area (Å²) in [5.74, 6) is 0.894. The molecule has 0 aromatic carbocycles. The molecule has 0 aromatic heterocycles. The van der Waals surface area contributed by atoms with Crippen LogP contribution < -0.4 is 0 Å². The van der Waals surface area contributed by atoms with Gasteiger partial charge in [-0.05, 0) is 32.1 Å². The first-order valence-electron chi connectivity index (χ1n) is 4.83. The van der Waals surface area contributed by atoms with Gasteiger partial charge in [-0.2, -0.15) is 0 Å². The zero-order valence-corrected chi connectivity index (χ0v) is 7.92. The van der Waals surface area contributed by atoms with E-state index in [1.54, 1.807) is 6.92 Å². The summed E-state index contributed by atoms with van der Waals surface area (Å²) in [7, 11) is 0. The second-order valence-corrected chi connectivity index (χ2v) is 3.85. The van der Waals surface area contributed by atoms with Gasteiger partial charge >= 0.3 is 0 Å². The lowest BCUT2D eigenvalue weighted by Gasteiger charge is -2.31. The van der Waals surface area contributed by atoms with Gasteiger partial charge in [-0.1, -0.05) is 13.3 Å². The number of Topliss-reactive ketones (excluding diaryl/α,β-unsaturated/α-hetero) is 1. The molecule has 2 nitrogen and oxygen atoms in total. The largest absolute Gasteiger partial charge is 0.393 e. The first-order valence-corrected chi connectivity index (χ1v) is 4.83. The normalized spacial score (nSPS) is 36.4. The van der Waals surface area contributed by atoms with Crippen LogP contribution in [0.2, 0.25) is 0 Å². The van der Waals surface area contributed by atoms with Crippen LogP contribution in [0.25, 0.3) is 0 Å². The quantitative estimate of drug-likeness (QED) is 0.685. The van der Waals surface area contributed by atoms with Gasteiger partial charge in [0, 0.05) is 5.92 Å². The predicted molar refractivity (Wildman–Crippen MR) is 47.8 cm³/mol. The van der Waals surface area contributed by atoms with Gasteiger partial charge < -0.3 is 5.11 Å². The van der Waals surface area contributed by atoms with Crippen molar-refractivity contribution in [2.45, 2.75) is 45.6 Å². The van der Waals surface area contributed by atoms with Crippen molar-refractivity contribution in [2.75, 3.05) is 0 Å². The lowest BCUT2D eigenvalue weighted by Crippen LogP contribution is -2.31. The first kappa shape index (κ1) is 9.72. The number of rotatable bonds is 2. The minimum atomic E-state index is -0.235. The van der Waals surface area contributed by atoms with Gasteiger partial charge in [-0.25, -0.2) is 0 Å². The maximum atomic E-state index is 11.2. The summed E-state index contributed by atoms with van der Waals surface area (Å²) in [5, 5.41) is 9.39. The molecule has 70 valence electrons. The first-order chi connectivity index (χ1) is 5.65. The Labute approximate surface area is 74.0 Å². The summed E-state index contributed by atoms with van der Waals surface area (Å²) in [4.78, 5) is 11.2. The third kappa shape index (κ3) is 2.07. The SMILES string of the molecule is CCC1CC[C@H](O)C[C@H]1C(C)=O. The molecular formula is C10H18O2. The molecule has 0 spiro atoms. The molecule has 1 saturated carbocycles. The average Bonchev–Trinajstić information content (AvgIpc) is 2.04. The van der Waals surface area contributed by atoms with Gasteiger partial charge in [0.05, 0.1) is 6.10 Å². The standard InChI is InChI=1S/C10H18O2/c1-3-8-4-5-9(12)6-10(8)7(2)11/h8-10,12H,3-6H2,1-2H3/t8?,9-,10-/m0/s1. The molecular weight excluding hydrogens is 152 g/mol. The molecule has 1 aliphatic carbocycles. The molecule has 0 heterocycles. The fourth-order valence-corrected chi connectivity index (χ4v) is 2.20. The molecule has 0 amide bonds.